The Morgan fingerprint density at radius 3 is 1.58 bits per heavy atom. The number of rotatable bonds is 4. The second kappa shape index (κ2) is 11.8. The summed E-state index contributed by atoms with van der Waals surface area (Å²) in [5, 5.41) is 2.45. The maximum Gasteiger partial charge on any atom is 0.0726 e. The molecule has 0 heterocycles. The molecular formula is C56H39N. The molecule has 0 bridgehead atoms. The molecule has 0 unspecified atom stereocenters. The van der Waals surface area contributed by atoms with Crippen LogP contribution in [0.4, 0.5) is 17.1 Å². The lowest BCUT2D eigenvalue weighted by Crippen LogP contribution is -2.26. The van der Waals surface area contributed by atoms with Crippen LogP contribution in [0.15, 0.2) is 200 Å². The average Bonchev–Trinajstić information content (AvgIpc) is 3.83. The maximum absolute atomic E-state index is 2.54. The fraction of sp³-hybridized carbons (Fsp3) is 0.0714. The molecule has 0 aliphatic heterocycles. The normalized spacial score (nSPS) is 14.4. The Morgan fingerprint density at radius 2 is 0.860 bits per heavy atom. The van der Waals surface area contributed by atoms with E-state index in [0.717, 1.165) is 11.4 Å². The summed E-state index contributed by atoms with van der Waals surface area (Å²) in [6.45, 7) is 4.75. The molecule has 1 heteroatoms. The molecule has 0 N–H and O–H groups in total. The third-order valence-corrected chi connectivity index (χ3v) is 13.3. The van der Waals surface area contributed by atoms with Gasteiger partial charge in [-0.15, -0.1) is 0 Å². The van der Waals surface area contributed by atoms with Gasteiger partial charge in [0.15, 0.2) is 0 Å². The predicted octanol–water partition coefficient (Wildman–Crippen LogP) is 14.6. The zero-order chi connectivity index (χ0) is 37.9. The lowest BCUT2D eigenvalue weighted by molar-refractivity contribution is 0.660. The van der Waals surface area contributed by atoms with Crippen molar-refractivity contribution in [2.45, 2.75) is 24.7 Å². The van der Waals surface area contributed by atoms with Crippen molar-refractivity contribution in [1.29, 1.82) is 0 Å². The van der Waals surface area contributed by atoms with Crippen LogP contribution in [-0.4, -0.2) is 0 Å². The first-order valence-electron chi connectivity index (χ1n) is 20.1. The highest BCUT2D eigenvalue weighted by atomic mass is 15.1. The molecule has 0 radical (unpaired) electrons. The zero-order valence-electron chi connectivity index (χ0n) is 32.0. The van der Waals surface area contributed by atoms with Crippen LogP contribution >= 0.6 is 0 Å². The van der Waals surface area contributed by atoms with Crippen molar-refractivity contribution in [2.75, 3.05) is 4.90 Å². The van der Waals surface area contributed by atoms with Gasteiger partial charge in [-0.25, -0.2) is 0 Å². The first-order valence-corrected chi connectivity index (χ1v) is 20.1. The fourth-order valence-electron chi connectivity index (χ4n) is 10.8. The Hall–Kier alpha value is -6.96. The van der Waals surface area contributed by atoms with E-state index in [2.05, 4.69) is 219 Å². The van der Waals surface area contributed by atoms with Gasteiger partial charge in [-0.2, -0.15) is 0 Å². The summed E-state index contributed by atoms with van der Waals surface area (Å²) >= 11 is 0. The smallest absolute Gasteiger partial charge is 0.0726 e. The van der Waals surface area contributed by atoms with Crippen LogP contribution in [0.2, 0.25) is 0 Å². The van der Waals surface area contributed by atoms with E-state index in [1.807, 2.05) is 0 Å². The average molecular weight is 726 g/mol. The Morgan fingerprint density at radius 1 is 0.333 bits per heavy atom. The van der Waals surface area contributed by atoms with E-state index in [1.165, 1.54) is 94.3 Å². The topological polar surface area (TPSA) is 3.24 Å². The first-order chi connectivity index (χ1) is 28.0. The van der Waals surface area contributed by atoms with Crippen molar-refractivity contribution < 1.29 is 0 Å². The molecule has 0 fully saturated rings. The molecule has 3 aliphatic rings. The Balaban J connectivity index is 1.14. The molecule has 0 atom stereocenters. The van der Waals surface area contributed by atoms with Crippen LogP contribution in [0.5, 0.6) is 0 Å². The monoisotopic (exact) mass is 725 g/mol. The molecule has 9 aromatic carbocycles. The van der Waals surface area contributed by atoms with Crippen LogP contribution in [0.25, 0.3) is 55.3 Å². The molecule has 268 valence electrons. The van der Waals surface area contributed by atoms with E-state index in [4.69, 9.17) is 0 Å². The van der Waals surface area contributed by atoms with Crippen molar-refractivity contribution >= 4 is 27.8 Å². The van der Waals surface area contributed by atoms with E-state index in [9.17, 15) is 0 Å². The predicted molar refractivity (Wildman–Crippen MR) is 238 cm³/mol. The summed E-state index contributed by atoms with van der Waals surface area (Å²) in [4.78, 5) is 2.54. The number of anilines is 3. The lowest BCUT2D eigenvalue weighted by Gasteiger charge is -2.32. The van der Waals surface area contributed by atoms with Gasteiger partial charge in [0.05, 0.1) is 11.1 Å². The van der Waals surface area contributed by atoms with Gasteiger partial charge in [-0.1, -0.05) is 178 Å². The lowest BCUT2D eigenvalue weighted by atomic mass is 9.70. The van der Waals surface area contributed by atoms with Gasteiger partial charge in [0.25, 0.3) is 0 Å². The molecule has 0 saturated carbocycles. The number of hydrogen-bond acceptors (Lipinski definition) is 1. The van der Waals surface area contributed by atoms with Crippen molar-refractivity contribution in [3.8, 4) is 44.5 Å². The highest BCUT2D eigenvalue weighted by Gasteiger charge is 2.52. The van der Waals surface area contributed by atoms with Crippen molar-refractivity contribution in [3.05, 3.63) is 234 Å². The quantitative estimate of drug-likeness (QED) is 0.175. The fourth-order valence-corrected chi connectivity index (χ4v) is 10.8. The van der Waals surface area contributed by atoms with Crippen LogP contribution in [0, 0.1) is 0 Å². The second-order valence-electron chi connectivity index (χ2n) is 16.4. The van der Waals surface area contributed by atoms with Crippen molar-refractivity contribution in [3.63, 3.8) is 0 Å². The van der Waals surface area contributed by atoms with E-state index in [1.54, 1.807) is 0 Å². The molecule has 0 amide bonds. The van der Waals surface area contributed by atoms with Gasteiger partial charge in [-0.3, -0.25) is 0 Å². The van der Waals surface area contributed by atoms with Gasteiger partial charge in [-0.05, 0) is 119 Å². The minimum absolute atomic E-state index is 0.131. The first kappa shape index (κ1) is 32.3. The maximum atomic E-state index is 2.54. The summed E-state index contributed by atoms with van der Waals surface area (Å²) in [7, 11) is 0. The summed E-state index contributed by atoms with van der Waals surface area (Å²) in [5.74, 6) is 0. The van der Waals surface area contributed by atoms with Gasteiger partial charge < -0.3 is 4.90 Å². The van der Waals surface area contributed by atoms with E-state index in [0.29, 0.717) is 0 Å². The van der Waals surface area contributed by atoms with Gasteiger partial charge in [0, 0.05) is 22.4 Å². The number of benzene rings is 9. The summed E-state index contributed by atoms with van der Waals surface area (Å²) in [5.41, 5.74) is 21.4. The molecule has 0 aromatic heterocycles. The number of fused-ring (bicyclic) bond motifs is 14. The highest BCUT2D eigenvalue weighted by Crippen LogP contribution is 2.65. The van der Waals surface area contributed by atoms with Crippen molar-refractivity contribution in [2.24, 2.45) is 0 Å². The van der Waals surface area contributed by atoms with Crippen LogP contribution in [-0.2, 0) is 10.8 Å². The molecular weight excluding hydrogens is 687 g/mol. The molecule has 57 heavy (non-hydrogen) atoms. The Kier molecular flexibility index (Phi) is 6.67. The molecule has 9 aromatic rings. The van der Waals surface area contributed by atoms with Gasteiger partial charge in [0.1, 0.15) is 0 Å². The Bertz CT molecular complexity index is 3070. The SMILES string of the molecule is CC1(C)c2ccccc2-c2ccc(N(c3ccc4ccc(-c5ccccc5)cc4c3)c3cccc4c3-c3ccccc3C43c4ccccc4-c4ccccc43)cc21. The standard InChI is InChI=1S/C56H39N/c1-55(2)47-21-10-6-17-42(47)45-32-31-41(35-52(45)55)57(40-30-29-37-27-28-38(33-39(37)34-40)36-15-4-3-5-16-36)53-26-14-25-51-54(53)46-20-9-13-24-50(46)56(51)48-22-11-7-18-43(48)44-19-8-12-23-49(44)56/h3-35H,1-2H3. The molecule has 3 aliphatic carbocycles. The van der Waals surface area contributed by atoms with Crippen LogP contribution in [0.1, 0.15) is 47.2 Å². The van der Waals surface area contributed by atoms with Crippen LogP contribution < -0.4 is 4.90 Å². The third kappa shape index (κ3) is 4.34. The summed E-state index contributed by atoms with van der Waals surface area (Å²) in [6.07, 6.45) is 0. The molecule has 1 spiro atoms. The minimum Gasteiger partial charge on any atom is -0.310 e. The number of nitrogens with zero attached hydrogens (tertiary/aromatic N) is 1. The van der Waals surface area contributed by atoms with E-state index < -0.39 is 5.41 Å². The summed E-state index contributed by atoms with van der Waals surface area (Å²) < 4.78 is 0. The Labute approximate surface area is 334 Å². The molecule has 12 rings (SSSR count). The van der Waals surface area contributed by atoms with Gasteiger partial charge in [0.2, 0.25) is 0 Å². The van der Waals surface area contributed by atoms with E-state index >= 15 is 0 Å². The van der Waals surface area contributed by atoms with Crippen LogP contribution in [0.3, 0.4) is 0 Å². The van der Waals surface area contributed by atoms with E-state index in [-0.39, 0.29) is 5.41 Å². The molecule has 0 saturated heterocycles. The zero-order valence-corrected chi connectivity index (χ0v) is 32.0. The minimum atomic E-state index is -0.420. The van der Waals surface area contributed by atoms with Gasteiger partial charge >= 0.3 is 0 Å². The molecule has 1 nitrogen and oxygen atoms in total. The summed E-state index contributed by atoms with van der Waals surface area (Å²) in [6, 6.07) is 75.0. The highest BCUT2D eigenvalue weighted by molar-refractivity contribution is 6.02. The van der Waals surface area contributed by atoms with Crippen molar-refractivity contribution in [1.82, 2.24) is 0 Å². The number of hydrogen-bond donors (Lipinski definition) is 0. The third-order valence-electron chi connectivity index (χ3n) is 13.3. The second-order valence-corrected chi connectivity index (χ2v) is 16.4. The largest absolute Gasteiger partial charge is 0.310 e.